The van der Waals surface area contributed by atoms with Crippen molar-refractivity contribution in [3.8, 4) is 17.4 Å². The number of oxazole rings is 1. The van der Waals surface area contributed by atoms with Gasteiger partial charge in [-0.3, -0.25) is 0 Å². The van der Waals surface area contributed by atoms with E-state index in [4.69, 9.17) is 10.2 Å². The molecule has 3 N–H and O–H groups in total. The van der Waals surface area contributed by atoms with E-state index in [1.807, 2.05) is 24.3 Å². The summed E-state index contributed by atoms with van der Waals surface area (Å²) in [4.78, 5) is 12.4. The maximum atomic E-state index is 9.84. The van der Waals surface area contributed by atoms with Crippen molar-refractivity contribution in [2.45, 2.75) is 0 Å². The summed E-state index contributed by atoms with van der Waals surface area (Å²) in [7, 11) is 0. The highest BCUT2D eigenvalue weighted by Gasteiger charge is 2.14. The number of rotatable bonds is 3. The molecular formula is C15H11BrN4O2. The van der Waals surface area contributed by atoms with E-state index in [0.717, 1.165) is 10.0 Å². The summed E-state index contributed by atoms with van der Waals surface area (Å²) < 4.78 is 6.09. The van der Waals surface area contributed by atoms with Crippen molar-refractivity contribution >= 4 is 33.8 Å². The van der Waals surface area contributed by atoms with Crippen LogP contribution in [0.5, 0.6) is 5.95 Å². The average molecular weight is 359 g/mol. The predicted octanol–water partition coefficient (Wildman–Crippen LogP) is 3.54. The molecule has 0 aliphatic heterocycles. The molecule has 0 amide bonds. The van der Waals surface area contributed by atoms with Gasteiger partial charge in [0.2, 0.25) is 5.89 Å². The Morgan fingerprint density at radius 3 is 2.73 bits per heavy atom. The minimum atomic E-state index is -0.307. The van der Waals surface area contributed by atoms with Crippen molar-refractivity contribution < 1.29 is 9.52 Å². The zero-order valence-corrected chi connectivity index (χ0v) is 12.9. The highest BCUT2D eigenvalue weighted by Crippen LogP contribution is 2.30. The first-order valence-corrected chi connectivity index (χ1v) is 7.14. The van der Waals surface area contributed by atoms with Crippen molar-refractivity contribution in [2.24, 2.45) is 4.99 Å². The normalized spacial score (nSPS) is 11.1. The van der Waals surface area contributed by atoms with Crippen molar-refractivity contribution in [3.63, 3.8) is 0 Å². The van der Waals surface area contributed by atoms with Gasteiger partial charge in [-0.2, -0.15) is 0 Å². The molecule has 1 aromatic carbocycles. The maximum absolute atomic E-state index is 9.84. The third-order valence-electron chi connectivity index (χ3n) is 2.81. The molecule has 22 heavy (non-hydrogen) atoms. The Hall–Kier alpha value is -2.67. The number of nitrogens with zero attached hydrogens (tertiary/aromatic N) is 3. The molecule has 0 bridgehead atoms. The Morgan fingerprint density at radius 2 is 1.95 bits per heavy atom. The van der Waals surface area contributed by atoms with Crippen LogP contribution in [0, 0.1) is 0 Å². The van der Waals surface area contributed by atoms with Gasteiger partial charge in [-0.25, -0.2) is 15.0 Å². The van der Waals surface area contributed by atoms with Crippen LogP contribution in [0.2, 0.25) is 0 Å². The van der Waals surface area contributed by atoms with Gasteiger partial charge in [-0.05, 0) is 40.2 Å². The fourth-order valence-electron chi connectivity index (χ4n) is 1.80. The first-order valence-electron chi connectivity index (χ1n) is 6.35. The van der Waals surface area contributed by atoms with Gasteiger partial charge in [0.05, 0.1) is 11.8 Å². The highest BCUT2D eigenvalue weighted by molar-refractivity contribution is 9.10. The third-order valence-corrected chi connectivity index (χ3v) is 3.51. The monoisotopic (exact) mass is 358 g/mol. The number of nitrogens with two attached hydrogens (primary N) is 1. The minimum Gasteiger partial charge on any atom is -0.479 e. The minimum absolute atomic E-state index is 0.218. The molecule has 2 aromatic heterocycles. The first kappa shape index (κ1) is 14.3. The molecule has 7 heteroatoms. The van der Waals surface area contributed by atoms with Crippen molar-refractivity contribution in [1.82, 2.24) is 9.97 Å². The Bertz CT molecular complexity index is 845. The van der Waals surface area contributed by atoms with Crippen LogP contribution in [0.1, 0.15) is 5.69 Å². The van der Waals surface area contributed by atoms with E-state index in [2.05, 4.69) is 30.9 Å². The second-order valence-corrected chi connectivity index (χ2v) is 5.22. The van der Waals surface area contributed by atoms with Gasteiger partial charge in [-0.1, -0.05) is 18.2 Å². The Morgan fingerprint density at radius 1 is 1.14 bits per heavy atom. The molecular weight excluding hydrogens is 348 g/mol. The molecule has 110 valence electrons. The molecule has 0 spiro atoms. The van der Waals surface area contributed by atoms with E-state index in [0.29, 0.717) is 17.5 Å². The van der Waals surface area contributed by atoms with Crippen LogP contribution >= 0.6 is 15.9 Å². The fraction of sp³-hybridized carbons (Fsp3) is 0. The molecule has 0 atom stereocenters. The molecule has 0 aliphatic rings. The molecule has 2 heterocycles. The number of halogens is 1. The smallest absolute Gasteiger partial charge is 0.312 e. The zero-order valence-electron chi connectivity index (χ0n) is 11.3. The third kappa shape index (κ3) is 2.99. The van der Waals surface area contributed by atoms with Crippen LogP contribution in [0.25, 0.3) is 11.5 Å². The number of hydrogen-bond acceptors (Lipinski definition) is 6. The van der Waals surface area contributed by atoms with E-state index in [-0.39, 0.29) is 11.6 Å². The van der Waals surface area contributed by atoms with E-state index in [9.17, 15) is 5.11 Å². The van der Waals surface area contributed by atoms with Crippen molar-refractivity contribution in [1.29, 1.82) is 0 Å². The molecule has 0 radical (unpaired) electrons. The van der Waals surface area contributed by atoms with Gasteiger partial charge in [0, 0.05) is 4.47 Å². The topological polar surface area (TPSA) is 97.5 Å². The van der Waals surface area contributed by atoms with Crippen molar-refractivity contribution in [3.05, 3.63) is 52.6 Å². The molecule has 0 fully saturated rings. The first-order chi connectivity index (χ1) is 10.6. The molecule has 3 rings (SSSR count). The summed E-state index contributed by atoms with van der Waals surface area (Å²) >= 11 is 3.41. The second kappa shape index (κ2) is 5.98. The SMILES string of the molecule is Nc1cccc(N=Cc2nc(-c3ccccc3Br)oc2O)n1. The lowest BCUT2D eigenvalue weighted by molar-refractivity contribution is 0.337. The average Bonchev–Trinajstić information content (AvgIpc) is 2.87. The largest absolute Gasteiger partial charge is 0.479 e. The maximum Gasteiger partial charge on any atom is 0.312 e. The molecule has 6 nitrogen and oxygen atoms in total. The van der Waals surface area contributed by atoms with Crippen LogP contribution < -0.4 is 5.73 Å². The lowest BCUT2D eigenvalue weighted by atomic mass is 10.2. The molecule has 0 unspecified atom stereocenters. The summed E-state index contributed by atoms with van der Waals surface area (Å²) in [6, 6.07) is 12.5. The lowest BCUT2D eigenvalue weighted by Gasteiger charge is -1.97. The Labute approximate surface area is 134 Å². The predicted molar refractivity (Wildman–Crippen MR) is 87.2 cm³/mol. The van der Waals surface area contributed by atoms with Gasteiger partial charge in [0.25, 0.3) is 0 Å². The molecule has 0 saturated carbocycles. The summed E-state index contributed by atoms with van der Waals surface area (Å²) in [5.74, 6) is 0.781. The summed E-state index contributed by atoms with van der Waals surface area (Å²) in [5, 5.41) is 9.84. The molecule has 3 aromatic rings. The zero-order chi connectivity index (χ0) is 15.5. The standard InChI is InChI=1S/C15H11BrN4O2/c16-10-5-2-1-4-9(10)14-19-11(15(21)22-14)8-18-13-7-3-6-12(17)20-13/h1-8,21H,(H2,17,20). The molecule has 0 aliphatic carbocycles. The van der Waals surface area contributed by atoms with E-state index in [1.165, 1.54) is 6.21 Å². The Balaban J connectivity index is 1.92. The van der Waals surface area contributed by atoms with Gasteiger partial charge in [0.1, 0.15) is 5.82 Å². The number of anilines is 1. The number of aliphatic imine (C=N–C) groups is 1. The number of pyridine rings is 1. The summed E-state index contributed by atoms with van der Waals surface area (Å²) in [5.41, 5.74) is 6.53. The van der Waals surface area contributed by atoms with Gasteiger partial charge >= 0.3 is 5.95 Å². The number of aromatic hydroxyl groups is 1. The van der Waals surface area contributed by atoms with Crippen LogP contribution in [0.4, 0.5) is 11.6 Å². The number of hydrogen-bond donors (Lipinski definition) is 2. The van der Waals surface area contributed by atoms with Gasteiger partial charge < -0.3 is 15.3 Å². The number of nitrogen functional groups attached to an aromatic ring is 1. The number of benzene rings is 1. The van der Waals surface area contributed by atoms with E-state index < -0.39 is 0 Å². The Kier molecular flexibility index (Phi) is 3.88. The van der Waals surface area contributed by atoms with Crippen LogP contribution in [-0.4, -0.2) is 21.3 Å². The van der Waals surface area contributed by atoms with E-state index >= 15 is 0 Å². The van der Waals surface area contributed by atoms with Crippen LogP contribution in [0.15, 0.2) is 56.3 Å². The van der Waals surface area contributed by atoms with Crippen LogP contribution in [0.3, 0.4) is 0 Å². The fourth-order valence-corrected chi connectivity index (χ4v) is 2.25. The lowest BCUT2D eigenvalue weighted by Crippen LogP contribution is -1.88. The van der Waals surface area contributed by atoms with Crippen molar-refractivity contribution in [2.75, 3.05) is 5.73 Å². The highest BCUT2D eigenvalue weighted by atomic mass is 79.9. The van der Waals surface area contributed by atoms with Gasteiger partial charge in [0.15, 0.2) is 11.5 Å². The van der Waals surface area contributed by atoms with Gasteiger partial charge in [-0.15, -0.1) is 0 Å². The van der Waals surface area contributed by atoms with E-state index in [1.54, 1.807) is 18.2 Å². The van der Waals surface area contributed by atoms with Crippen LogP contribution in [-0.2, 0) is 0 Å². The summed E-state index contributed by atoms with van der Waals surface area (Å²) in [6.07, 6.45) is 1.38. The number of aromatic nitrogens is 2. The quantitative estimate of drug-likeness (QED) is 0.697. The summed E-state index contributed by atoms with van der Waals surface area (Å²) in [6.45, 7) is 0. The molecule has 0 saturated heterocycles. The second-order valence-electron chi connectivity index (χ2n) is 4.37.